The normalized spacial score (nSPS) is 29.4. The number of thiazole rings is 1. The van der Waals surface area contributed by atoms with Crippen LogP contribution in [0, 0.1) is 11.3 Å². The smallest absolute Gasteiger partial charge is 0.310 e. The summed E-state index contributed by atoms with van der Waals surface area (Å²) in [6.07, 6.45) is 6.12. The Balaban J connectivity index is 2.14. The fourth-order valence-electron chi connectivity index (χ4n) is 2.65. The van der Waals surface area contributed by atoms with Crippen molar-refractivity contribution in [1.82, 2.24) is 4.98 Å². The largest absolute Gasteiger partial charge is 0.481 e. The summed E-state index contributed by atoms with van der Waals surface area (Å²) in [5, 5.41) is 12.3. The molecule has 1 saturated carbocycles. The van der Waals surface area contributed by atoms with Gasteiger partial charge in [0.05, 0.1) is 10.4 Å². The minimum atomic E-state index is -0.640. The van der Waals surface area contributed by atoms with Crippen LogP contribution in [-0.4, -0.2) is 16.1 Å². The molecular formula is C12H17NO2S. The third-order valence-corrected chi connectivity index (χ3v) is 4.49. The number of carboxylic acids is 1. The van der Waals surface area contributed by atoms with E-state index in [4.69, 9.17) is 0 Å². The molecule has 1 aliphatic rings. The summed E-state index contributed by atoms with van der Waals surface area (Å²) in [6.45, 7) is 2.14. The second-order valence-electron chi connectivity index (χ2n) is 4.71. The molecule has 0 aromatic carbocycles. The third-order valence-electron chi connectivity index (χ3n) is 3.71. The molecule has 2 unspecified atom stereocenters. The molecule has 1 aromatic heterocycles. The van der Waals surface area contributed by atoms with Crippen molar-refractivity contribution in [2.24, 2.45) is 11.3 Å². The van der Waals surface area contributed by atoms with Crippen molar-refractivity contribution in [1.29, 1.82) is 0 Å². The lowest BCUT2D eigenvalue weighted by Gasteiger charge is -2.23. The lowest BCUT2D eigenvalue weighted by molar-refractivity contribution is -0.148. The molecule has 0 spiro atoms. The topological polar surface area (TPSA) is 50.2 Å². The lowest BCUT2D eigenvalue weighted by atomic mass is 9.82. The molecular weight excluding hydrogens is 222 g/mol. The number of carboxylic acid groups (broad SMARTS) is 1. The van der Waals surface area contributed by atoms with Gasteiger partial charge in [0, 0.05) is 18.0 Å². The molecule has 1 aromatic rings. The van der Waals surface area contributed by atoms with E-state index in [2.05, 4.69) is 11.9 Å². The van der Waals surface area contributed by atoms with Crippen LogP contribution in [0.5, 0.6) is 0 Å². The van der Waals surface area contributed by atoms with Crippen LogP contribution >= 0.6 is 11.3 Å². The predicted molar refractivity (Wildman–Crippen MR) is 63.5 cm³/mol. The number of carbonyl (C=O) groups is 1. The summed E-state index contributed by atoms with van der Waals surface area (Å²) in [7, 11) is 0. The minimum absolute atomic E-state index is 0.543. The van der Waals surface area contributed by atoms with E-state index in [1.165, 1.54) is 0 Å². The minimum Gasteiger partial charge on any atom is -0.481 e. The molecule has 4 heteroatoms. The zero-order chi connectivity index (χ0) is 11.6. The molecule has 88 valence electrons. The molecule has 3 nitrogen and oxygen atoms in total. The van der Waals surface area contributed by atoms with Gasteiger partial charge in [-0.15, -0.1) is 11.3 Å². The lowest BCUT2D eigenvalue weighted by Crippen LogP contribution is -2.30. The summed E-state index contributed by atoms with van der Waals surface area (Å²) < 4.78 is 0. The van der Waals surface area contributed by atoms with Crippen LogP contribution in [0.1, 0.15) is 37.6 Å². The number of nitrogens with zero attached hydrogens (tertiary/aromatic N) is 1. The van der Waals surface area contributed by atoms with E-state index in [9.17, 15) is 9.90 Å². The van der Waals surface area contributed by atoms with Crippen molar-refractivity contribution < 1.29 is 9.90 Å². The molecule has 0 bridgehead atoms. The standard InChI is InChI=1S/C12H17NO2S/c1-2-9-3-4-12(7-9,11(14)15)8-10-13-5-6-16-10/h5-6,9H,2-4,7-8H2,1H3,(H,14,15). The molecule has 1 N–H and O–H groups in total. The van der Waals surface area contributed by atoms with Gasteiger partial charge in [-0.05, 0) is 25.2 Å². The third kappa shape index (κ3) is 2.12. The number of aliphatic carboxylic acids is 1. The summed E-state index contributed by atoms with van der Waals surface area (Å²) in [4.78, 5) is 15.7. The van der Waals surface area contributed by atoms with Gasteiger partial charge >= 0.3 is 5.97 Å². The van der Waals surface area contributed by atoms with Crippen molar-refractivity contribution in [2.75, 3.05) is 0 Å². The zero-order valence-corrected chi connectivity index (χ0v) is 10.3. The molecule has 0 radical (unpaired) electrons. The Morgan fingerprint density at radius 3 is 3.06 bits per heavy atom. The zero-order valence-electron chi connectivity index (χ0n) is 9.48. The second kappa shape index (κ2) is 4.53. The van der Waals surface area contributed by atoms with Crippen molar-refractivity contribution >= 4 is 17.3 Å². The summed E-state index contributed by atoms with van der Waals surface area (Å²) in [5.74, 6) is -0.0605. The van der Waals surface area contributed by atoms with Crippen LogP contribution in [0.15, 0.2) is 11.6 Å². The maximum absolute atomic E-state index is 11.5. The van der Waals surface area contributed by atoms with E-state index in [1.54, 1.807) is 17.5 Å². The summed E-state index contributed by atoms with van der Waals surface area (Å²) >= 11 is 1.56. The highest BCUT2D eigenvalue weighted by Crippen LogP contribution is 2.45. The highest BCUT2D eigenvalue weighted by Gasteiger charge is 2.45. The van der Waals surface area contributed by atoms with Gasteiger partial charge in [-0.1, -0.05) is 13.3 Å². The molecule has 1 fully saturated rings. The van der Waals surface area contributed by atoms with Crippen LogP contribution in [0.25, 0.3) is 0 Å². The Kier molecular flexibility index (Phi) is 3.28. The number of aromatic nitrogens is 1. The van der Waals surface area contributed by atoms with Gasteiger partial charge in [-0.25, -0.2) is 4.98 Å². The fourth-order valence-corrected chi connectivity index (χ4v) is 3.41. The van der Waals surface area contributed by atoms with Crippen LogP contribution in [0.4, 0.5) is 0 Å². The first-order chi connectivity index (χ1) is 7.66. The van der Waals surface area contributed by atoms with E-state index in [0.29, 0.717) is 12.3 Å². The molecule has 16 heavy (non-hydrogen) atoms. The molecule has 0 saturated heterocycles. The summed E-state index contributed by atoms with van der Waals surface area (Å²) in [6, 6.07) is 0. The van der Waals surface area contributed by atoms with Crippen molar-refractivity contribution in [3.8, 4) is 0 Å². The first-order valence-corrected chi connectivity index (χ1v) is 6.66. The van der Waals surface area contributed by atoms with Gasteiger partial charge < -0.3 is 5.11 Å². The van der Waals surface area contributed by atoms with E-state index in [1.807, 2.05) is 5.38 Å². The Morgan fingerprint density at radius 1 is 1.75 bits per heavy atom. The van der Waals surface area contributed by atoms with Crippen molar-refractivity contribution in [3.63, 3.8) is 0 Å². The maximum Gasteiger partial charge on any atom is 0.310 e. The van der Waals surface area contributed by atoms with E-state index < -0.39 is 11.4 Å². The molecule has 2 atom stereocenters. The van der Waals surface area contributed by atoms with Crippen LogP contribution in [0.3, 0.4) is 0 Å². The van der Waals surface area contributed by atoms with E-state index in [0.717, 1.165) is 30.7 Å². The molecule has 2 rings (SSSR count). The predicted octanol–water partition coefficient (Wildman–Crippen LogP) is 2.97. The van der Waals surface area contributed by atoms with E-state index >= 15 is 0 Å². The number of hydrogen-bond acceptors (Lipinski definition) is 3. The van der Waals surface area contributed by atoms with Crippen LogP contribution in [0.2, 0.25) is 0 Å². The Labute approximate surface area is 99.5 Å². The van der Waals surface area contributed by atoms with Crippen LogP contribution in [-0.2, 0) is 11.2 Å². The quantitative estimate of drug-likeness (QED) is 0.878. The fraction of sp³-hybridized carbons (Fsp3) is 0.667. The van der Waals surface area contributed by atoms with Gasteiger partial charge in [0.25, 0.3) is 0 Å². The molecule has 0 amide bonds. The highest BCUT2D eigenvalue weighted by molar-refractivity contribution is 7.09. The van der Waals surface area contributed by atoms with E-state index in [-0.39, 0.29) is 0 Å². The average molecular weight is 239 g/mol. The Morgan fingerprint density at radius 2 is 2.56 bits per heavy atom. The average Bonchev–Trinajstić information content (AvgIpc) is 2.88. The van der Waals surface area contributed by atoms with Gasteiger partial charge in [0.1, 0.15) is 0 Å². The highest BCUT2D eigenvalue weighted by atomic mass is 32.1. The van der Waals surface area contributed by atoms with Crippen LogP contribution < -0.4 is 0 Å². The maximum atomic E-state index is 11.5. The van der Waals surface area contributed by atoms with Crippen molar-refractivity contribution in [2.45, 2.75) is 39.0 Å². The van der Waals surface area contributed by atoms with Gasteiger partial charge in [0.2, 0.25) is 0 Å². The molecule has 0 aliphatic heterocycles. The first kappa shape index (κ1) is 11.6. The SMILES string of the molecule is CCC1CCC(Cc2nccs2)(C(=O)O)C1. The molecule has 1 aliphatic carbocycles. The Hall–Kier alpha value is -0.900. The Bertz CT molecular complexity index is 363. The second-order valence-corrected chi connectivity index (χ2v) is 5.68. The first-order valence-electron chi connectivity index (χ1n) is 5.78. The monoisotopic (exact) mass is 239 g/mol. The number of hydrogen-bond donors (Lipinski definition) is 1. The van der Waals surface area contributed by atoms with Gasteiger partial charge in [0.15, 0.2) is 0 Å². The summed E-state index contributed by atoms with van der Waals surface area (Å²) in [5.41, 5.74) is -0.543. The van der Waals surface area contributed by atoms with Gasteiger partial charge in [-0.2, -0.15) is 0 Å². The van der Waals surface area contributed by atoms with Gasteiger partial charge in [-0.3, -0.25) is 4.79 Å². The van der Waals surface area contributed by atoms with Crippen molar-refractivity contribution in [3.05, 3.63) is 16.6 Å². The molecule has 1 heterocycles. The number of rotatable bonds is 4.